The number of nitro groups is 1. The summed E-state index contributed by atoms with van der Waals surface area (Å²) in [5, 5.41) is 19.5. The van der Waals surface area contributed by atoms with Crippen LogP contribution in [0.5, 0.6) is 0 Å². The van der Waals surface area contributed by atoms with Gasteiger partial charge in [0.1, 0.15) is 0 Å². The van der Waals surface area contributed by atoms with E-state index >= 15 is 0 Å². The number of rotatable bonds is 6. The Balaban J connectivity index is 1.76. The highest BCUT2D eigenvalue weighted by Gasteiger charge is 2.21. The van der Waals surface area contributed by atoms with Gasteiger partial charge < -0.3 is 5.11 Å². The van der Waals surface area contributed by atoms with Gasteiger partial charge in [-0.25, -0.2) is 0 Å². The zero-order valence-electron chi connectivity index (χ0n) is 11.2. The molecule has 0 saturated carbocycles. The zero-order chi connectivity index (χ0) is 14.5. The van der Waals surface area contributed by atoms with Gasteiger partial charge in [-0.15, -0.1) is 0 Å². The van der Waals surface area contributed by atoms with Crippen LogP contribution in [-0.2, 0) is 11.3 Å². The van der Waals surface area contributed by atoms with Crippen molar-refractivity contribution in [3.8, 4) is 0 Å². The number of carboxylic acid groups (broad SMARTS) is 1. The van der Waals surface area contributed by atoms with Crippen molar-refractivity contribution in [3.63, 3.8) is 0 Å². The van der Waals surface area contributed by atoms with Crippen LogP contribution in [0.3, 0.4) is 0 Å². The highest BCUT2D eigenvalue weighted by atomic mass is 32.1. The molecule has 2 rings (SSSR count). The maximum atomic E-state index is 10.6. The fourth-order valence-electron chi connectivity index (χ4n) is 2.53. The summed E-state index contributed by atoms with van der Waals surface area (Å²) in [5.41, 5.74) is 0. The van der Waals surface area contributed by atoms with Crippen LogP contribution < -0.4 is 0 Å². The molecule has 0 amide bonds. The number of nitrogens with zero attached hydrogens (tertiary/aromatic N) is 2. The van der Waals surface area contributed by atoms with Crippen molar-refractivity contribution in [2.45, 2.75) is 32.2 Å². The average molecular weight is 298 g/mol. The maximum Gasteiger partial charge on any atom is 0.324 e. The highest BCUT2D eigenvalue weighted by molar-refractivity contribution is 7.15. The Morgan fingerprint density at radius 1 is 1.45 bits per heavy atom. The van der Waals surface area contributed by atoms with Gasteiger partial charge in [-0.05, 0) is 44.3 Å². The molecule has 0 unspecified atom stereocenters. The number of thiophene rings is 1. The molecular weight excluding hydrogens is 280 g/mol. The number of likely N-dealkylation sites (tertiary alicyclic amines) is 1. The largest absolute Gasteiger partial charge is 0.481 e. The van der Waals surface area contributed by atoms with Crippen LogP contribution in [0.25, 0.3) is 0 Å². The minimum absolute atomic E-state index is 0.191. The first-order valence-corrected chi connectivity index (χ1v) is 7.53. The van der Waals surface area contributed by atoms with Gasteiger partial charge >= 0.3 is 11.0 Å². The molecule has 1 aliphatic rings. The fourth-order valence-corrected chi connectivity index (χ4v) is 3.39. The molecule has 1 aliphatic heterocycles. The molecule has 1 saturated heterocycles. The minimum atomic E-state index is -0.724. The van der Waals surface area contributed by atoms with E-state index in [9.17, 15) is 14.9 Å². The lowest BCUT2D eigenvalue weighted by Gasteiger charge is -2.31. The monoisotopic (exact) mass is 298 g/mol. The Hall–Kier alpha value is -1.47. The van der Waals surface area contributed by atoms with Crippen molar-refractivity contribution in [1.29, 1.82) is 0 Å². The molecule has 0 aliphatic carbocycles. The molecule has 20 heavy (non-hydrogen) atoms. The summed E-state index contributed by atoms with van der Waals surface area (Å²) in [7, 11) is 0. The summed E-state index contributed by atoms with van der Waals surface area (Å²) in [5.74, 6) is -0.224. The van der Waals surface area contributed by atoms with Crippen LogP contribution in [0, 0.1) is 16.0 Å². The zero-order valence-corrected chi connectivity index (χ0v) is 12.0. The average Bonchev–Trinajstić information content (AvgIpc) is 2.86. The van der Waals surface area contributed by atoms with E-state index in [1.165, 1.54) is 11.3 Å². The third-order valence-electron chi connectivity index (χ3n) is 3.68. The van der Waals surface area contributed by atoms with Crippen LogP contribution >= 0.6 is 11.3 Å². The van der Waals surface area contributed by atoms with Gasteiger partial charge in [0.05, 0.1) is 4.92 Å². The van der Waals surface area contributed by atoms with Crippen molar-refractivity contribution in [2.75, 3.05) is 13.1 Å². The molecule has 0 atom stereocenters. The molecule has 1 aromatic heterocycles. The van der Waals surface area contributed by atoms with E-state index in [1.54, 1.807) is 6.07 Å². The van der Waals surface area contributed by atoms with E-state index in [1.807, 2.05) is 6.07 Å². The third-order valence-corrected chi connectivity index (χ3v) is 4.70. The van der Waals surface area contributed by atoms with Crippen molar-refractivity contribution < 1.29 is 14.8 Å². The number of carbonyl (C=O) groups is 1. The molecule has 6 nitrogen and oxygen atoms in total. The molecule has 1 aromatic rings. The molecule has 110 valence electrons. The maximum absolute atomic E-state index is 10.6. The first kappa shape index (κ1) is 14.9. The molecule has 0 radical (unpaired) electrons. The lowest BCUT2D eigenvalue weighted by atomic mass is 9.92. The number of aliphatic carboxylic acids is 1. The molecule has 0 bridgehead atoms. The number of carboxylic acids is 1. The Bertz CT molecular complexity index is 480. The molecule has 2 heterocycles. The van der Waals surface area contributed by atoms with Gasteiger partial charge in [0.15, 0.2) is 0 Å². The van der Waals surface area contributed by atoms with Gasteiger partial charge in [-0.1, -0.05) is 11.3 Å². The Morgan fingerprint density at radius 2 is 2.15 bits per heavy atom. The van der Waals surface area contributed by atoms with E-state index in [2.05, 4.69) is 4.90 Å². The van der Waals surface area contributed by atoms with Crippen molar-refractivity contribution >= 4 is 22.3 Å². The van der Waals surface area contributed by atoms with Gasteiger partial charge in [0, 0.05) is 23.9 Å². The molecule has 0 aromatic carbocycles. The fraction of sp³-hybridized carbons (Fsp3) is 0.615. The second-order valence-corrected chi connectivity index (χ2v) is 6.30. The predicted molar refractivity (Wildman–Crippen MR) is 75.8 cm³/mol. The summed E-state index contributed by atoms with van der Waals surface area (Å²) in [6.45, 7) is 2.64. The quantitative estimate of drug-likeness (QED) is 0.645. The summed E-state index contributed by atoms with van der Waals surface area (Å²) in [6, 6.07) is 3.37. The first-order chi connectivity index (χ1) is 9.54. The molecule has 7 heteroatoms. The summed E-state index contributed by atoms with van der Waals surface area (Å²) in [4.78, 5) is 24.1. The number of hydrogen-bond acceptors (Lipinski definition) is 5. The second kappa shape index (κ2) is 6.81. The Morgan fingerprint density at radius 3 is 2.70 bits per heavy atom. The molecule has 1 fully saturated rings. The van der Waals surface area contributed by atoms with Crippen LogP contribution in [-0.4, -0.2) is 34.0 Å². The minimum Gasteiger partial charge on any atom is -0.481 e. The van der Waals surface area contributed by atoms with E-state index in [0.717, 1.165) is 43.8 Å². The lowest BCUT2D eigenvalue weighted by molar-refractivity contribution is -0.380. The third kappa shape index (κ3) is 4.28. The topological polar surface area (TPSA) is 83.7 Å². The highest BCUT2D eigenvalue weighted by Crippen LogP contribution is 2.27. The Labute approximate surface area is 121 Å². The standard InChI is InChI=1S/C13H18N2O4S/c16-13(17)4-1-10-5-7-14(8-6-10)9-11-2-3-12(20-11)15(18)19/h2-3,10H,1,4-9H2,(H,16,17). The van der Waals surface area contributed by atoms with Gasteiger partial charge in [-0.3, -0.25) is 19.8 Å². The second-order valence-electron chi connectivity index (χ2n) is 5.15. The normalized spacial score (nSPS) is 17.2. The smallest absolute Gasteiger partial charge is 0.324 e. The number of hydrogen-bond donors (Lipinski definition) is 1. The molecule has 1 N–H and O–H groups in total. The van der Waals surface area contributed by atoms with Crippen molar-refractivity contribution in [3.05, 3.63) is 27.1 Å². The predicted octanol–water partition coefficient (Wildman–Crippen LogP) is 2.73. The van der Waals surface area contributed by atoms with Crippen molar-refractivity contribution in [2.24, 2.45) is 5.92 Å². The van der Waals surface area contributed by atoms with Gasteiger partial charge in [0.25, 0.3) is 0 Å². The van der Waals surface area contributed by atoms with Crippen molar-refractivity contribution in [1.82, 2.24) is 4.90 Å². The summed E-state index contributed by atoms with van der Waals surface area (Å²) >= 11 is 1.23. The van der Waals surface area contributed by atoms with Crippen LogP contribution in [0.2, 0.25) is 0 Å². The summed E-state index contributed by atoms with van der Waals surface area (Å²) in [6.07, 6.45) is 3.04. The molecule has 0 spiro atoms. The van der Waals surface area contributed by atoms with Crippen LogP contribution in [0.1, 0.15) is 30.6 Å². The van der Waals surface area contributed by atoms with E-state index in [4.69, 9.17) is 5.11 Å². The summed E-state index contributed by atoms with van der Waals surface area (Å²) < 4.78 is 0. The van der Waals surface area contributed by atoms with Crippen LogP contribution in [0.15, 0.2) is 12.1 Å². The van der Waals surface area contributed by atoms with Gasteiger partial charge in [-0.2, -0.15) is 0 Å². The van der Waals surface area contributed by atoms with Crippen LogP contribution in [0.4, 0.5) is 5.00 Å². The van der Waals surface area contributed by atoms with E-state index in [-0.39, 0.29) is 16.3 Å². The lowest BCUT2D eigenvalue weighted by Crippen LogP contribution is -2.33. The SMILES string of the molecule is O=C(O)CCC1CCN(Cc2ccc([N+](=O)[O-])s2)CC1. The molecular formula is C13H18N2O4S. The van der Waals surface area contributed by atoms with E-state index in [0.29, 0.717) is 5.92 Å². The van der Waals surface area contributed by atoms with Gasteiger partial charge in [0.2, 0.25) is 0 Å². The Kier molecular flexibility index (Phi) is 5.08. The van der Waals surface area contributed by atoms with E-state index < -0.39 is 5.97 Å². The number of piperidine rings is 1. The first-order valence-electron chi connectivity index (χ1n) is 6.72.